The molecule has 2 aromatic carbocycles. The van der Waals surface area contributed by atoms with Gasteiger partial charge in [-0.25, -0.2) is 0 Å². The van der Waals surface area contributed by atoms with E-state index in [1.807, 2.05) is 0 Å². The van der Waals surface area contributed by atoms with Gasteiger partial charge in [0.05, 0.1) is 5.69 Å². The highest BCUT2D eigenvalue weighted by atomic mass is 14.7. The molecule has 1 heteroatoms. The molecule has 0 saturated heterocycles. The minimum atomic E-state index is 1.09. The molecule has 3 aromatic rings. The second-order valence-corrected chi connectivity index (χ2v) is 6.25. The summed E-state index contributed by atoms with van der Waals surface area (Å²) in [6.45, 7) is 4.44. The van der Waals surface area contributed by atoms with Crippen LogP contribution in [-0.2, 0) is 12.8 Å². The van der Waals surface area contributed by atoms with Crippen molar-refractivity contribution in [3.8, 4) is 11.3 Å². The van der Waals surface area contributed by atoms with Crippen molar-refractivity contribution in [3.63, 3.8) is 0 Å². The number of benzene rings is 2. The lowest BCUT2D eigenvalue weighted by molar-refractivity contribution is 0.790. The van der Waals surface area contributed by atoms with Crippen molar-refractivity contribution in [2.45, 2.75) is 39.5 Å². The molecule has 0 aliphatic heterocycles. The van der Waals surface area contributed by atoms with Crippen LogP contribution >= 0.6 is 0 Å². The van der Waals surface area contributed by atoms with Gasteiger partial charge in [0, 0.05) is 22.9 Å². The number of aromatic nitrogens is 1. The molecular formula is C20H21N. The van der Waals surface area contributed by atoms with Crippen molar-refractivity contribution in [3.05, 3.63) is 58.7 Å². The van der Waals surface area contributed by atoms with E-state index in [0.29, 0.717) is 0 Å². The van der Waals surface area contributed by atoms with E-state index in [0.717, 1.165) is 6.42 Å². The SMILES string of the molecule is CCCCc1cccc2c1Cc1c-2[nH]c2ccc(C)cc12. The fourth-order valence-corrected chi connectivity index (χ4v) is 3.63. The standard InChI is InChI=1S/C20H21N/c1-3-4-6-14-7-5-8-15-16(14)12-18-17-11-13(2)9-10-19(17)21-20(15)18/h5,7-11,21H,3-4,6,12H2,1-2H3. The number of aryl methyl sites for hydroxylation is 2. The Morgan fingerprint density at radius 3 is 2.86 bits per heavy atom. The fourth-order valence-electron chi connectivity index (χ4n) is 3.63. The summed E-state index contributed by atoms with van der Waals surface area (Å²) in [4.78, 5) is 3.64. The number of fused-ring (bicyclic) bond motifs is 5. The first-order chi connectivity index (χ1) is 10.3. The van der Waals surface area contributed by atoms with Crippen LogP contribution in [0.2, 0.25) is 0 Å². The largest absolute Gasteiger partial charge is 0.354 e. The summed E-state index contributed by atoms with van der Waals surface area (Å²) in [6.07, 6.45) is 4.84. The lowest BCUT2D eigenvalue weighted by Crippen LogP contribution is -1.93. The maximum absolute atomic E-state index is 3.64. The summed E-state index contributed by atoms with van der Waals surface area (Å²) in [7, 11) is 0. The molecular weight excluding hydrogens is 254 g/mol. The van der Waals surface area contributed by atoms with E-state index in [-0.39, 0.29) is 0 Å². The molecule has 4 rings (SSSR count). The van der Waals surface area contributed by atoms with Gasteiger partial charge >= 0.3 is 0 Å². The highest BCUT2D eigenvalue weighted by molar-refractivity contribution is 5.95. The molecule has 1 nitrogen and oxygen atoms in total. The van der Waals surface area contributed by atoms with Crippen LogP contribution in [0.4, 0.5) is 0 Å². The molecule has 1 aliphatic carbocycles. The number of unbranched alkanes of at least 4 members (excludes halogenated alkanes) is 1. The molecule has 0 spiro atoms. The van der Waals surface area contributed by atoms with Gasteiger partial charge in [-0.15, -0.1) is 0 Å². The number of aromatic amines is 1. The summed E-state index contributed by atoms with van der Waals surface area (Å²) in [5, 5.41) is 1.41. The molecule has 0 atom stereocenters. The van der Waals surface area contributed by atoms with E-state index in [9.17, 15) is 0 Å². The van der Waals surface area contributed by atoms with Crippen LogP contribution in [0.5, 0.6) is 0 Å². The van der Waals surface area contributed by atoms with Gasteiger partial charge in [0.25, 0.3) is 0 Å². The number of H-pyrrole nitrogens is 1. The van der Waals surface area contributed by atoms with Crippen LogP contribution in [0.1, 0.15) is 42.0 Å². The van der Waals surface area contributed by atoms with Crippen molar-refractivity contribution in [2.24, 2.45) is 0 Å². The number of hydrogen-bond donors (Lipinski definition) is 1. The van der Waals surface area contributed by atoms with Gasteiger partial charge in [0.2, 0.25) is 0 Å². The number of rotatable bonds is 3. The zero-order valence-corrected chi connectivity index (χ0v) is 12.8. The monoisotopic (exact) mass is 275 g/mol. The van der Waals surface area contributed by atoms with Gasteiger partial charge < -0.3 is 4.98 Å². The van der Waals surface area contributed by atoms with Crippen LogP contribution < -0.4 is 0 Å². The smallest absolute Gasteiger partial charge is 0.0503 e. The lowest BCUT2D eigenvalue weighted by Gasteiger charge is -2.08. The second-order valence-electron chi connectivity index (χ2n) is 6.25. The first-order valence-electron chi connectivity index (χ1n) is 8.00. The van der Waals surface area contributed by atoms with Gasteiger partial charge in [-0.3, -0.25) is 0 Å². The van der Waals surface area contributed by atoms with Crippen LogP contribution in [0.25, 0.3) is 22.2 Å². The van der Waals surface area contributed by atoms with Crippen LogP contribution in [0.15, 0.2) is 36.4 Å². The Morgan fingerprint density at radius 1 is 1.10 bits per heavy atom. The first kappa shape index (κ1) is 12.7. The molecule has 0 saturated carbocycles. The van der Waals surface area contributed by atoms with Crippen LogP contribution in [0, 0.1) is 6.92 Å². The molecule has 1 aliphatic rings. The van der Waals surface area contributed by atoms with Crippen LogP contribution in [-0.4, -0.2) is 4.98 Å². The van der Waals surface area contributed by atoms with E-state index in [4.69, 9.17) is 0 Å². The third-order valence-electron chi connectivity index (χ3n) is 4.76. The summed E-state index contributed by atoms with van der Waals surface area (Å²) < 4.78 is 0. The molecule has 1 heterocycles. The van der Waals surface area contributed by atoms with Gasteiger partial charge in [-0.2, -0.15) is 0 Å². The molecule has 21 heavy (non-hydrogen) atoms. The third-order valence-corrected chi connectivity index (χ3v) is 4.76. The van der Waals surface area contributed by atoms with Gasteiger partial charge in [-0.1, -0.05) is 43.2 Å². The Balaban J connectivity index is 1.87. The number of nitrogens with one attached hydrogen (secondary N) is 1. The third kappa shape index (κ3) is 1.91. The van der Waals surface area contributed by atoms with Gasteiger partial charge in [-0.05, 0) is 48.6 Å². The fraction of sp³-hybridized carbons (Fsp3) is 0.300. The Hall–Kier alpha value is -2.02. The zero-order chi connectivity index (χ0) is 14.4. The minimum Gasteiger partial charge on any atom is -0.354 e. The Kier molecular flexibility index (Phi) is 2.88. The van der Waals surface area contributed by atoms with Gasteiger partial charge in [0.15, 0.2) is 0 Å². The predicted molar refractivity (Wildman–Crippen MR) is 89.9 cm³/mol. The van der Waals surface area contributed by atoms with Crippen molar-refractivity contribution in [1.82, 2.24) is 4.98 Å². The first-order valence-corrected chi connectivity index (χ1v) is 8.00. The minimum absolute atomic E-state index is 1.09. The molecule has 0 bridgehead atoms. The van der Waals surface area contributed by atoms with E-state index in [1.165, 1.54) is 52.5 Å². The van der Waals surface area contributed by atoms with E-state index >= 15 is 0 Å². The maximum atomic E-state index is 3.64. The highest BCUT2D eigenvalue weighted by Crippen LogP contribution is 2.42. The average molecular weight is 275 g/mol. The molecule has 0 amide bonds. The molecule has 1 aromatic heterocycles. The molecule has 106 valence electrons. The van der Waals surface area contributed by atoms with Crippen molar-refractivity contribution < 1.29 is 0 Å². The van der Waals surface area contributed by atoms with Crippen molar-refractivity contribution in [2.75, 3.05) is 0 Å². The van der Waals surface area contributed by atoms with Gasteiger partial charge in [0.1, 0.15) is 0 Å². The van der Waals surface area contributed by atoms with Crippen molar-refractivity contribution >= 4 is 10.9 Å². The Bertz CT molecular complexity index is 823. The summed E-state index contributed by atoms with van der Waals surface area (Å²) >= 11 is 0. The Labute approximate surface area is 126 Å². The Morgan fingerprint density at radius 2 is 2.00 bits per heavy atom. The molecule has 0 radical (unpaired) electrons. The number of hydrogen-bond acceptors (Lipinski definition) is 0. The summed E-state index contributed by atoms with van der Waals surface area (Å²) in [5.41, 5.74) is 9.97. The highest BCUT2D eigenvalue weighted by Gasteiger charge is 2.24. The van der Waals surface area contributed by atoms with E-state index in [2.05, 4.69) is 55.2 Å². The average Bonchev–Trinajstić information content (AvgIpc) is 3.02. The summed E-state index contributed by atoms with van der Waals surface area (Å²) in [6, 6.07) is 13.5. The zero-order valence-electron chi connectivity index (χ0n) is 12.8. The van der Waals surface area contributed by atoms with Crippen molar-refractivity contribution in [1.29, 1.82) is 0 Å². The maximum Gasteiger partial charge on any atom is 0.0503 e. The topological polar surface area (TPSA) is 15.8 Å². The lowest BCUT2D eigenvalue weighted by atomic mass is 9.97. The van der Waals surface area contributed by atoms with E-state index in [1.54, 1.807) is 11.1 Å². The second kappa shape index (κ2) is 4.77. The van der Waals surface area contributed by atoms with Crippen LogP contribution in [0.3, 0.4) is 0 Å². The normalized spacial score (nSPS) is 12.7. The predicted octanol–water partition coefficient (Wildman–Crippen LogP) is 5.39. The molecule has 1 N–H and O–H groups in total. The summed E-state index contributed by atoms with van der Waals surface area (Å²) in [5.74, 6) is 0. The quantitative estimate of drug-likeness (QED) is 0.516. The molecule has 0 fully saturated rings. The van der Waals surface area contributed by atoms with E-state index < -0.39 is 0 Å². The molecule has 0 unspecified atom stereocenters.